The Morgan fingerprint density at radius 1 is 1.28 bits per heavy atom. The molecule has 0 heterocycles. The monoisotopic (exact) mass is 270 g/mol. The van der Waals surface area contributed by atoms with Gasteiger partial charge in [0, 0.05) is 25.6 Å². The van der Waals surface area contributed by atoms with Crippen molar-refractivity contribution >= 4 is 17.2 Å². The van der Waals surface area contributed by atoms with Crippen LogP contribution in [-0.2, 0) is 0 Å². The number of nitrogens with zero attached hydrogens (tertiary/aromatic N) is 1. The van der Waals surface area contributed by atoms with Crippen LogP contribution in [0.5, 0.6) is 0 Å². The standard InChI is InChI=1S/C15H30N2S/c1-4-13-5-7-14(8-6-13)17(11-12(2)3)10-9-15(16)18/h12-14H,4-11H2,1-3H3,(H2,16,18). The van der Waals surface area contributed by atoms with E-state index in [4.69, 9.17) is 18.0 Å². The first-order valence-corrected chi connectivity index (χ1v) is 7.96. The summed E-state index contributed by atoms with van der Waals surface area (Å²) in [5.41, 5.74) is 5.65. The Morgan fingerprint density at radius 3 is 2.33 bits per heavy atom. The van der Waals surface area contributed by atoms with E-state index in [2.05, 4.69) is 25.7 Å². The van der Waals surface area contributed by atoms with E-state index < -0.39 is 0 Å². The Balaban J connectivity index is 2.46. The second-order valence-electron chi connectivity index (χ2n) is 6.19. The van der Waals surface area contributed by atoms with Crippen LogP contribution >= 0.6 is 12.2 Å². The van der Waals surface area contributed by atoms with Crippen LogP contribution in [0.4, 0.5) is 0 Å². The lowest BCUT2D eigenvalue weighted by Crippen LogP contribution is -2.41. The predicted octanol–water partition coefficient (Wildman–Crippen LogP) is 3.59. The molecule has 0 atom stereocenters. The van der Waals surface area contributed by atoms with Gasteiger partial charge in [0.25, 0.3) is 0 Å². The van der Waals surface area contributed by atoms with Gasteiger partial charge in [-0.3, -0.25) is 4.90 Å². The zero-order chi connectivity index (χ0) is 13.5. The Hall–Kier alpha value is -0.150. The number of thiocarbonyl (C=S) groups is 1. The Kier molecular flexibility index (Phi) is 7.16. The number of nitrogens with two attached hydrogens (primary N) is 1. The van der Waals surface area contributed by atoms with Gasteiger partial charge in [-0.05, 0) is 37.5 Å². The molecule has 0 unspecified atom stereocenters. The Morgan fingerprint density at radius 2 is 1.89 bits per heavy atom. The van der Waals surface area contributed by atoms with Crippen molar-refractivity contribution in [2.75, 3.05) is 13.1 Å². The van der Waals surface area contributed by atoms with Crippen LogP contribution in [0.15, 0.2) is 0 Å². The maximum absolute atomic E-state index is 5.65. The summed E-state index contributed by atoms with van der Waals surface area (Å²) in [6.45, 7) is 9.15. The summed E-state index contributed by atoms with van der Waals surface area (Å²) in [7, 11) is 0. The van der Waals surface area contributed by atoms with E-state index in [1.807, 2.05) is 0 Å². The minimum Gasteiger partial charge on any atom is -0.393 e. The van der Waals surface area contributed by atoms with E-state index in [0.29, 0.717) is 4.99 Å². The van der Waals surface area contributed by atoms with E-state index >= 15 is 0 Å². The fourth-order valence-electron chi connectivity index (χ4n) is 3.06. The van der Waals surface area contributed by atoms with E-state index in [1.54, 1.807) is 0 Å². The summed E-state index contributed by atoms with van der Waals surface area (Å²) in [5, 5.41) is 0. The van der Waals surface area contributed by atoms with E-state index in [-0.39, 0.29) is 0 Å². The lowest BCUT2D eigenvalue weighted by atomic mass is 9.83. The maximum Gasteiger partial charge on any atom is 0.0740 e. The van der Waals surface area contributed by atoms with Crippen LogP contribution in [0, 0.1) is 11.8 Å². The molecule has 2 N–H and O–H groups in total. The summed E-state index contributed by atoms with van der Waals surface area (Å²) < 4.78 is 0. The summed E-state index contributed by atoms with van der Waals surface area (Å²) in [6, 6.07) is 0.768. The molecule has 1 aliphatic carbocycles. The summed E-state index contributed by atoms with van der Waals surface area (Å²) in [6.07, 6.45) is 7.76. The molecule has 1 rings (SSSR count). The lowest BCUT2D eigenvalue weighted by molar-refractivity contribution is 0.125. The molecular weight excluding hydrogens is 240 g/mol. The largest absolute Gasteiger partial charge is 0.393 e. The third-order valence-corrected chi connectivity index (χ3v) is 4.36. The molecule has 0 bridgehead atoms. The number of rotatable bonds is 7. The van der Waals surface area contributed by atoms with Gasteiger partial charge in [-0.1, -0.05) is 39.4 Å². The summed E-state index contributed by atoms with van der Waals surface area (Å²) in [5.74, 6) is 1.69. The topological polar surface area (TPSA) is 29.3 Å². The fraction of sp³-hybridized carbons (Fsp3) is 0.933. The average Bonchev–Trinajstić information content (AvgIpc) is 2.34. The first kappa shape index (κ1) is 15.9. The first-order valence-electron chi connectivity index (χ1n) is 7.55. The number of hydrogen-bond acceptors (Lipinski definition) is 2. The molecule has 1 saturated carbocycles. The fourth-order valence-corrected chi connectivity index (χ4v) is 3.16. The third kappa shape index (κ3) is 5.66. The third-order valence-electron chi connectivity index (χ3n) is 4.16. The van der Waals surface area contributed by atoms with E-state index in [1.165, 1.54) is 38.6 Å². The van der Waals surface area contributed by atoms with Crippen molar-refractivity contribution in [1.82, 2.24) is 4.90 Å². The molecule has 1 fully saturated rings. The molecule has 0 aliphatic heterocycles. The Labute approximate surface area is 118 Å². The van der Waals surface area contributed by atoms with Gasteiger partial charge in [-0.15, -0.1) is 0 Å². The van der Waals surface area contributed by atoms with Gasteiger partial charge in [-0.2, -0.15) is 0 Å². The first-order chi connectivity index (χ1) is 8.52. The minimum atomic E-state index is 0.658. The zero-order valence-corrected chi connectivity index (χ0v) is 13.1. The second kappa shape index (κ2) is 8.11. The van der Waals surface area contributed by atoms with Crippen molar-refractivity contribution in [2.24, 2.45) is 17.6 Å². The Bertz CT molecular complexity index is 245. The van der Waals surface area contributed by atoms with Crippen LogP contribution in [-0.4, -0.2) is 29.0 Å². The van der Waals surface area contributed by atoms with E-state index in [9.17, 15) is 0 Å². The number of hydrogen-bond donors (Lipinski definition) is 1. The highest BCUT2D eigenvalue weighted by Gasteiger charge is 2.25. The van der Waals surface area contributed by atoms with Crippen molar-refractivity contribution in [3.05, 3.63) is 0 Å². The van der Waals surface area contributed by atoms with Crippen LogP contribution in [0.25, 0.3) is 0 Å². The van der Waals surface area contributed by atoms with Gasteiger partial charge in [0.1, 0.15) is 0 Å². The van der Waals surface area contributed by atoms with Crippen LogP contribution < -0.4 is 5.73 Å². The molecule has 106 valence electrons. The highest BCUT2D eigenvalue weighted by atomic mass is 32.1. The summed E-state index contributed by atoms with van der Waals surface area (Å²) >= 11 is 5.02. The highest BCUT2D eigenvalue weighted by molar-refractivity contribution is 7.80. The summed E-state index contributed by atoms with van der Waals surface area (Å²) in [4.78, 5) is 3.29. The predicted molar refractivity (Wildman–Crippen MR) is 83.9 cm³/mol. The quantitative estimate of drug-likeness (QED) is 0.717. The molecule has 2 nitrogen and oxygen atoms in total. The molecule has 0 radical (unpaired) electrons. The molecular formula is C15H30N2S. The van der Waals surface area contributed by atoms with E-state index in [0.717, 1.165) is 30.8 Å². The molecule has 1 aliphatic rings. The second-order valence-corrected chi connectivity index (χ2v) is 6.71. The van der Waals surface area contributed by atoms with Crippen molar-refractivity contribution in [2.45, 2.75) is 65.3 Å². The molecule has 0 aromatic carbocycles. The van der Waals surface area contributed by atoms with Crippen LogP contribution in [0.3, 0.4) is 0 Å². The maximum atomic E-state index is 5.65. The van der Waals surface area contributed by atoms with Gasteiger partial charge in [0.15, 0.2) is 0 Å². The van der Waals surface area contributed by atoms with Crippen LogP contribution in [0.2, 0.25) is 0 Å². The normalized spacial score (nSPS) is 24.7. The van der Waals surface area contributed by atoms with Crippen molar-refractivity contribution in [3.8, 4) is 0 Å². The molecule has 0 spiro atoms. The highest BCUT2D eigenvalue weighted by Crippen LogP contribution is 2.29. The average molecular weight is 270 g/mol. The molecule has 3 heteroatoms. The molecule has 18 heavy (non-hydrogen) atoms. The van der Waals surface area contributed by atoms with Gasteiger partial charge in [0.05, 0.1) is 4.99 Å². The van der Waals surface area contributed by atoms with Crippen molar-refractivity contribution in [3.63, 3.8) is 0 Å². The smallest absolute Gasteiger partial charge is 0.0740 e. The lowest BCUT2D eigenvalue weighted by Gasteiger charge is -2.37. The minimum absolute atomic E-state index is 0.658. The van der Waals surface area contributed by atoms with Gasteiger partial charge >= 0.3 is 0 Å². The van der Waals surface area contributed by atoms with Crippen LogP contribution in [0.1, 0.15) is 59.3 Å². The SMILES string of the molecule is CCC1CCC(N(CCC(N)=S)CC(C)C)CC1. The zero-order valence-electron chi connectivity index (χ0n) is 12.3. The van der Waals surface area contributed by atoms with Gasteiger partial charge < -0.3 is 5.73 Å². The van der Waals surface area contributed by atoms with Gasteiger partial charge in [-0.25, -0.2) is 0 Å². The van der Waals surface area contributed by atoms with Crippen molar-refractivity contribution < 1.29 is 0 Å². The molecule has 0 saturated heterocycles. The van der Waals surface area contributed by atoms with Gasteiger partial charge in [0.2, 0.25) is 0 Å². The molecule has 0 amide bonds. The molecule has 0 aromatic rings. The molecule has 0 aromatic heterocycles. The van der Waals surface area contributed by atoms with Crippen molar-refractivity contribution in [1.29, 1.82) is 0 Å².